The number of halogens is 2. The van der Waals surface area contributed by atoms with Crippen molar-refractivity contribution in [1.82, 2.24) is 4.90 Å². The van der Waals surface area contributed by atoms with Crippen molar-refractivity contribution in [2.45, 2.75) is 12.5 Å². The molecule has 0 saturated carbocycles. The van der Waals surface area contributed by atoms with E-state index in [0.29, 0.717) is 10.1 Å². The van der Waals surface area contributed by atoms with Crippen molar-refractivity contribution in [3.8, 4) is 0 Å². The topological polar surface area (TPSA) is 66.8 Å². The fourth-order valence-corrected chi connectivity index (χ4v) is 2.78. The Balaban J connectivity index is 2.14. The molecule has 2 rings (SSSR count). The van der Waals surface area contributed by atoms with Gasteiger partial charge in [-0.3, -0.25) is 9.59 Å². The maximum absolute atomic E-state index is 13.8. The minimum Gasteiger partial charge on any atom is -0.481 e. The molecule has 0 bridgehead atoms. The molecule has 1 aliphatic rings. The van der Waals surface area contributed by atoms with Crippen molar-refractivity contribution in [2.75, 3.05) is 19.7 Å². The van der Waals surface area contributed by atoms with Gasteiger partial charge in [-0.05, 0) is 34.7 Å². The normalized spacial score (nSPS) is 18.9. The number of nitrogens with zero attached hydrogens (tertiary/aromatic N) is 1. The average molecular weight is 393 g/mol. The number of rotatable bonds is 3. The Morgan fingerprint density at radius 1 is 1.50 bits per heavy atom. The van der Waals surface area contributed by atoms with Crippen LogP contribution >= 0.6 is 22.6 Å². The zero-order valence-electron chi connectivity index (χ0n) is 10.5. The zero-order valence-corrected chi connectivity index (χ0v) is 12.7. The molecule has 1 unspecified atom stereocenters. The molecule has 0 aliphatic carbocycles. The highest BCUT2D eigenvalue weighted by atomic mass is 127. The summed E-state index contributed by atoms with van der Waals surface area (Å²) in [4.78, 5) is 24.5. The van der Waals surface area contributed by atoms with E-state index in [1.165, 1.54) is 11.0 Å². The van der Waals surface area contributed by atoms with E-state index in [0.717, 1.165) is 0 Å². The number of morpholine rings is 1. The van der Waals surface area contributed by atoms with E-state index in [-0.39, 0.29) is 25.1 Å². The van der Waals surface area contributed by atoms with Gasteiger partial charge in [-0.1, -0.05) is 6.07 Å². The van der Waals surface area contributed by atoms with Crippen molar-refractivity contribution in [3.05, 3.63) is 33.1 Å². The standard InChI is InChI=1S/C13H13FINO4/c14-9-2-1-3-10(15)12(9)13(19)16-4-5-20-8(7-16)6-11(17)18/h1-3,8H,4-7H2,(H,17,18). The Morgan fingerprint density at radius 3 is 2.90 bits per heavy atom. The van der Waals surface area contributed by atoms with Gasteiger partial charge in [0.2, 0.25) is 0 Å². The molecule has 108 valence electrons. The molecule has 5 nitrogen and oxygen atoms in total. The molecule has 0 spiro atoms. The summed E-state index contributed by atoms with van der Waals surface area (Å²) in [6.07, 6.45) is -0.715. The van der Waals surface area contributed by atoms with Gasteiger partial charge in [-0.2, -0.15) is 0 Å². The van der Waals surface area contributed by atoms with Crippen LogP contribution in [0.3, 0.4) is 0 Å². The third kappa shape index (κ3) is 3.45. The van der Waals surface area contributed by atoms with Crippen molar-refractivity contribution in [2.24, 2.45) is 0 Å². The van der Waals surface area contributed by atoms with Crippen LogP contribution in [0.4, 0.5) is 4.39 Å². The predicted octanol–water partition coefficient (Wildman–Crippen LogP) is 1.75. The Morgan fingerprint density at radius 2 is 2.25 bits per heavy atom. The number of carboxylic acid groups (broad SMARTS) is 1. The molecule has 0 aromatic heterocycles. The molecule has 7 heteroatoms. The molecule has 1 aromatic rings. The fraction of sp³-hybridized carbons (Fsp3) is 0.385. The second kappa shape index (κ2) is 6.49. The highest BCUT2D eigenvalue weighted by molar-refractivity contribution is 14.1. The molecule has 1 aliphatic heterocycles. The first-order valence-electron chi connectivity index (χ1n) is 6.05. The summed E-state index contributed by atoms with van der Waals surface area (Å²) < 4.78 is 19.6. The molecule has 1 atom stereocenters. The molecule has 1 saturated heterocycles. The van der Waals surface area contributed by atoms with Gasteiger partial charge in [0, 0.05) is 16.7 Å². The summed E-state index contributed by atoms with van der Waals surface area (Å²) in [6, 6.07) is 4.44. The SMILES string of the molecule is O=C(O)CC1CN(C(=O)c2c(F)cccc2I)CCO1. The molecule has 0 radical (unpaired) electrons. The van der Waals surface area contributed by atoms with Crippen LogP contribution in [0.5, 0.6) is 0 Å². The maximum Gasteiger partial charge on any atom is 0.306 e. The average Bonchev–Trinajstić information content (AvgIpc) is 2.38. The van der Waals surface area contributed by atoms with E-state index >= 15 is 0 Å². The van der Waals surface area contributed by atoms with Crippen molar-refractivity contribution >= 4 is 34.5 Å². The quantitative estimate of drug-likeness (QED) is 0.795. The second-order valence-electron chi connectivity index (χ2n) is 4.44. The van der Waals surface area contributed by atoms with Crippen molar-refractivity contribution in [1.29, 1.82) is 0 Å². The molecule has 1 amide bonds. The minimum absolute atomic E-state index is 0.0316. The number of carbonyl (C=O) groups excluding carboxylic acids is 1. The molecular weight excluding hydrogens is 380 g/mol. The Labute approximate surface area is 128 Å². The van der Waals surface area contributed by atoms with E-state index in [1.54, 1.807) is 12.1 Å². The number of hydrogen-bond donors (Lipinski definition) is 1. The van der Waals surface area contributed by atoms with Crippen LogP contribution in [0.15, 0.2) is 18.2 Å². The third-order valence-corrected chi connectivity index (χ3v) is 3.90. The van der Waals surface area contributed by atoms with Crippen LogP contribution in [-0.2, 0) is 9.53 Å². The van der Waals surface area contributed by atoms with Gasteiger partial charge < -0.3 is 14.7 Å². The molecule has 1 N–H and O–H groups in total. The lowest BCUT2D eigenvalue weighted by atomic mass is 10.1. The van der Waals surface area contributed by atoms with E-state index < -0.39 is 23.8 Å². The minimum atomic E-state index is -0.982. The molecule has 1 heterocycles. The lowest BCUT2D eigenvalue weighted by Gasteiger charge is -2.32. The predicted molar refractivity (Wildman–Crippen MR) is 77.0 cm³/mol. The van der Waals surface area contributed by atoms with Crippen LogP contribution in [0.2, 0.25) is 0 Å². The van der Waals surface area contributed by atoms with E-state index in [1.807, 2.05) is 22.6 Å². The van der Waals surface area contributed by atoms with Gasteiger partial charge >= 0.3 is 5.97 Å². The summed E-state index contributed by atoms with van der Waals surface area (Å²) in [5.74, 6) is -1.97. The number of hydrogen-bond acceptors (Lipinski definition) is 3. The zero-order chi connectivity index (χ0) is 14.7. The summed E-state index contributed by atoms with van der Waals surface area (Å²) in [7, 11) is 0. The fourth-order valence-electron chi connectivity index (χ4n) is 2.08. The number of aliphatic carboxylic acids is 1. The van der Waals surface area contributed by atoms with Crippen LogP contribution < -0.4 is 0 Å². The van der Waals surface area contributed by atoms with Crippen LogP contribution in [-0.4, -0.2) is 47.7 Å². The molecular formula is C13H13FINO4. The number of carboxylic acids is 1. The van der Waals surface area contributed by atoms with Crippen molar-refractivity contribution < 1.29 is 23.8 Å². The van der Waals surface area contributed by atoms with Crippen LogP contribution in [0.1, 0.15) is 16.8 Å². The summed E-state index contributed by atoms with van der Waals surface area (Å²) >= 11 is 1.91. The van der Waals surface area contributed by atoms with E-state index in [2.05, 4.69) is 0 Å². The number of carbonyl (C=O) groups is 2. The maximum atomic E-state index is 13.8. The number of benzene rings is 1. The van der Waals surface area contributed by atoms with Gasteiger partial charge in [0.05, 0.1) is 24.7 Å². The van der Waals surface area contributed by atoms with Crippen molar-refractivity contribution in [3.63, 3.8) is 0 Å². The molecule has 20 heavy (non-hydrogen) atoms. The van der Waals surface area contributed by atoms with Gasteiger partial charge in [0.15, 0.2) is 0 Å². The first-order valence-corrected chi connectivity index (χ1v) is 7.13. The van der Waals surface area contributed by atoms with Gasteiger partial charge in [-0.15, -0.1) is 0 Å². The highest BCUT2D eigenvalue weighted by Crippen LogP contribution is 2.20. The molecule has 1 fully saturated rings. The largest absolute Gasteiger partial charge is 0.481 e. The van der Waals surface area contributed by atoms with Crippen LogP contribution in [0, 0.1) is 9.39 Å². The number of amides is 1. The Kier molecular flexibility index (Phi) is 4.92. The monoisotopic (exact) mass is 393 g/mol. The Hall–Kier alpha value is -1.22. The summed E-state index contributed by atoms with van der Waals surface area (Å²) in [6.45, 7) is 0.754. The second-order valence-corrected chi connectivity index (χ2v) is 5.60. The number of ether oxygens (including phenoxy) is 1. The van der Waals surface area contributed by atoms with E-state index in [9.17, 15) is 14.0 Å². The lowest BCUT2D eigenvalue weighted by Crippen LogP contribution is -2.46. The van der Waals surface area contributed by atoms with Gasteiger partial charge in [0.25, 0.3) is 5.91 Å². The third-order valence-electron chi connectivity index (χ3n) is 3.00. The smallest absolute Gasteiger partial charge is 0.306 e. The summed E-state index contributed by atoms with van der Waals surface area (Å²) in [5, 5.41) is 8.75. The Bertz CT molecular complexity index is 517. The summed E-state index contributed by atoms with van der Waals surface area (Å²) in [5.41, 5.74) is 0.0316. The highest BCUT2D eigenvalue weighted by Gasteiger charge is 2.28. The first kappa shape index (κ1) is 15.2. The lowest BCUT2D eigenvalue weighted by molar-refractivity contribution is -0.141. The van der Waals surface area contributed by atoms with Gasteiger partial charge in [-0.25, -0.2) is 4.39 Å². The molecule has 1 aromatic carbocycles. The van der Waals surface area contributed by atoms with Crippen LogP contribution in [0.25, 0.3) is 0 Å². The van der Waals surface area contributed by atoms with Gasteiger partial charge in [0.1, 0.15) is 5.82 Å². The van der Waals surface area contributed by atoms with E-state index in [4.69, 9.17) is 9.84 Å². The first-order chi connectivity index (χ1) is 9.49.